The Kier molecular flexibility index (Phi) is 4.73. The molecule has 0 unspecified atom stereocenters. The van der Waals surface area contributed by atoms with Gasteiger partial charge in [-0.1, -0.05) is 6.07 Å². The molecule has 29 heavy (non-hydrogen) atoms. The minimum Gasteiger partial charge on any atom is -0.493 e. The molecule has 3 aromatic heterocycles. The van der Waals surface area contributed by atoms with Gasteiger partial charge in [0.2, 0.25) is 11.8 Å². The minimum absolute atomic E-state index is 0.0454. The molecule has 1 amide bonds. The zero-order valence-electron chi connectivity index (χ0n) is 15.7. The van der Waals surface area contributed by atoms with Crippen molar-refractivity contribution in [2.75, 3.05) is 20.0 Å². The van der Waals surface area contributed by atoms with Crippen LogP contribution in [-0.4, -0.2) is 39.7 Å². The van der Waals surface area contributed by atoms with Crippen molar-refractivity contribution in [3.05, 3.63) is 53.9 Å². The number of nitrogens with one attached hydrogen (secondary N) is 1. The lowest BCUT2D eigenvalue weighted by molar-refractivity contribution is 0.0946. The number of rotatable bonds is 6. The number of hydrogen-bond acceptors (Lipinski definition) is 8. The van der Waals surface area contributed by atoms with Gasteiger partial charge in [-0.15, -0.1) is 5.10 Å². The summed E-state index contributed by atoms with van der Waals surface area (Å²) in [5.74, 6) is 1.69. The maximum atomic E-state index is 12.6. The predicted molar refractivity (Wildman–Crippen MR) is 104 cm³/mol. The van der Waals surface area contributed by atoms with Crippen LogP contribution in [0.25, 0.3) is 17.2 Å². The molecule has 0 aliphatic carbocycles. The minimum atomic E-state index is -0.392. The second kappa shape index (κ2) is 7.50. The van der Waals surface area contributed by atoms with Crippen LogP contribution in [0.2, 0.25) is 0 Å². The monoisotopic (exact) mass is 394 g/mol. The van der Waals surface area contributed by atoms with Gasteiger partial charge in [-0.2, -0.15) is 4.52 Å². The van der Waals surface area contributed by atoms with Gasteiger partial charge in [0, 0.05) is 12.6 Å². The van der Waals surface area contributed by atoms with Crippen LogP contribution in [0.3, 0.4) is 0 Å². The van der Waals surface area contributed by atoms with Crippen molar-refractivity contribution in [1.29, 1.82) is 0 Å². The predicted octanol–water partition coefficient (Wildman–Crippen LogP) is 1.91. The summed E-state index contributed by atoms with van der Waals surface area (Å²) in [4.78, 5) is 21.0. The average molecular weight is 394 g/mol. The molecule has 0 saturated carbocycles. The van der Waals surface area contributed by atoms with Crippen molar-refractivity contribution in [2.45, 2.75) is 6.54 Å². The summed E-state index contributed by atoms with van der Waals surface area (Å²) in [5.41, 5.74) is 7.31. The highest BCUT2D eigenvalue weighted by atomic mass is 16.5. The van der Waals surface area contributed by atoms with Gasteiger partial charge in [0.1, 0.15) is 5.69 Å². The van der Waals surface area contributed by atoms with E-state index in [4.69, 9.17) is 19.6 Å². The van der Waals surface area contributed by atoms with Crippen molar-refractivity contribution in [1.82, 2.24) is 24.9 Å². The van der Waals surface area contributed by atoms with E-state index in [-0.39, 0.29) is 18.2 Å². The smallest absolute Gasteiger partial charge is 0.270 e. The summed E-state index contributed by atoms with van der Waals surface area (Å²) >= 11 is 0. The van der Waals surface area contributed by atoms with Crippen molar-refractivity contribution in [3.63, 3.8) is 0 Å². The first kappa shape index (κ1) is 18.3. The van der Waals surface area contributed by atoms with Gasteiger partial charge in [-0.05, 0) is 29.8 Å². The topological polar surface area (TPSA) is 130 Å². The number of methoxy groups -OCH3 is 2. The molecule has 3 heterocycles. The van der Waals surface area contributed by atoms with Gasteiger partial charge in [0.15, 0.2) is 22.9 Å². The van der Waals surface area contributed by atoms with Crippen LogP contribution in [0, 0.1) is 0 Å². The Morgan fingerprint density at radius 2 is 2.00 bits per heavy atom. The maximum Gasteiger partial charge on any atom is 0.270 e. The van der Waals surface area contributed by atoms with E-state index in [2.05, 4.69) is 20.4 Å². The van der Waals surface area contributed by atoms with E-state index in [1.807, 2.05) is 6.07 Å². The third-order valence-corrected chi connectivity index (χ3v) is 4.23. The van der Waals surface area contributed by atoms with Crippen LogP contribution in [0.1, 0.15) is 16.1 Å². The van der Waals surface area contributed by atoms with Gasteiger partial charge in [0.05, 0.1) is 20.5 Å². The molecule has 1 aromatic carbocycles. The molecule has 4 rings (SSSR count). The molecule has 0 radical (unpaired) electrons. The molecule has 0 spiro atoms. The van der Waals surface area contributed by atoms with Gasteiger partial charge in [-0.3, -0.25) is 4.79 Å². The van der Waals surface area contributed by atoms with Crippen molar-refractivity contribution in [2.24, 2.45) is 0 Å². The molecule has 0 saturated heterocycles. The van der Waals surface area contributed by atoms with Gasteiger partial charge >= 0.3 is 0 Å². The zero-order chi connectivity index (χ0) is 20.4. The number of carbonyl (C=O) groups is 1. The first-order valence-corrected chi connectivity index (χ1v) is 8.65. The van der Waals surface area contributed by atoms with Crippen molar-refractivity contribution < 1.29 is 18.7 Å². The van der Waals surface area contributed by atoms with Crippen LogP contribution in [0.15, 0.2) is 47.1 Å². The molecule has 3 N–H and O–H groups in total. The Balaban J connectivity index is 1.54. The van der Waals surface area contributed by atoms with Crippen LogP contribution in [0.5, 0.6) is 11.5 Å². The SMILES string of the molecule is COc1ccc(CNC(=O)c2cc3nc(-c4ccco4)nn3c(N)n2)cc1OC. The Morgan fingerprint density at radius 1 is 1.17 bits per heavy atom. The molecule has 0 atom stereocenters. The van der Waals surface area contributed by atoms with Crippen LogP contribution < -0.4 is 20.5 Å². The number of aromatic nitrogens is 4. The summed E-state index contributed by atoms with van der Waals surface area (Å²) in [6.45, 7) is 0.274. The van der Waals surface area contributed by atoms with Gasteiger partial charge in [-0.25, -0.2) is 9.97 Å². The summed E-state index contributed by atoms with van der Waals surface area (Å²) in [5, 5.41) is 7.05. The number of hydrogen-bond donors (Lipinski definition) is 2. The fourth-order valence-electron chi connectivity index (χ4n) is 2.80. The van der Waals surface area contributed by atoms with E-state index in [9.17, 15) is 4.79 Å². The number of nitrogens with two attached hydrogens (primary N) is 1. The number of amides is 1. The van der Waals surface area contributed by atoms with Crippen LogP contribution >= 0.6 is 0 Å². The maximum absolute atomic E-state index is 12.6. The molecule has 0 aliphatic rings. The fourth-order valence-corrected chi connectivity index (χ4v) is 2.80. The first-order chi connectivity index (χ1) is 14.1. The molecule has 0 fully saturated rings. The number of benzene rings is 1. The summed E-state index contributed by atoms with van der Waals surface area (Å²) in [6, 6.07) is 10.4. The number of nitrogens with zero attached hydrogens (tertiary/aromatic N) is 4. The zero-order valence-corrected chi connectivity index (χ0v) is 15.7. The quantitative estimate of drug-likeness (QED) is 0.507. The van der Waals surface area contributed by atoms with Crippen molar-refractivity contribution >= 4 is 17.5 Å². The van der Waals surface area contributed by atoms with Crippen LogP contribution in [0.4, 0.5) is 5.95 Å². The molecule has 0 aliphatic heterocycles. The second-order valence-electron chi connectivity index (χ2n) is 6.05. The highest BCUT2D eigenvalue weighted by molar-refractivity contribution is 5.93. The fraction of sp³-hybridized carbons (Fsp3) is 0.158. The molecule has 148 valence electrons. The Hall–Kier alpha value is -4.08. The number of fused-ring (bicyclic) bond motifs is 1. The van der Waals surface area contributed by atoms with Crippen molar-refractivity contribution in [3.8, 4) is 23.1 Å². The Morgan fingerprint density at radius 3 is 2.72 bits per heavy atom. The number of nitrogen functional groups attached to an aromatic ring is 1. The first-order valence-electron chi connectivity index (χ1n) is 8.65. The lowest BCUT2D eigenvalue weighted by atomic mass is 10.2. The van der Waals surface area contributed by atoms with Gasteiger partial charge in [0.25, 0.3) is 5.91 Å². The highest BCUT2D eigenvalue weighted by Gasteiger charge is 2.16. The van der Waals surface area contributed by atoms with Crippen LogP contribution in [-0.2, 0) is 6.54 Å². The highest BCUT2D eigenvalue weighted by Crippen LogP contribution is 2.27. The normalized spacial score (nSPS) is 10.8. The standard InChI is InChI=1S/C19H18N6O4/c1-27-13-6-5-11(8-15(13)28-2)10-21-18(26)12-9-16-23-17(14-4-3-7-29-14)24-25(16)19(20)22-12/h3-9H,10H2,1-2H3,(H2,20,22)(H,21,26). The molecule has 4 aromatic rings. The summed E-state index contributed by atoms with van der Waals surface area (Å²) in [7, 11) is 3.12. The van der Waals surface area contributed by atoms with E-state index in [0.717, 1.165) is 5.56 Å². The van der Waals surface area contributed by atoms with E-state index in [1.165, 1.54) is 16.8 Å². The lowest BCUT2D eigenvalue weighted by Crippen LogP contribution is -2.24. The summed E-state index contributed by atoms with van der Waals surface area (Å²) < 4.78 is 17.1. The number of ether oxygens (including phenoxy) is 2. The Bertz CT molecular complexity index is 1170. The molecule has 10 nitrogen and oxygen atoms in total. The van der Waals surface area contributed by atoms with E-state index >= 15 is 0 Å². The van der Waals surface area contributed by atoms with E-state index < -0.39 is 5.91 Å². The number of furan rings is 1. The second-order valence-corrected chi connectivity index (χ2v) is 6.05. The largest absolute Gasteiger partial charge is 0.493 e. The lowest BCUT2D eigenvalue weighted by Gasteiger charge is -2.10. The average Bonchev–Trinajstić information content (AvgIpc) is 3.41. The molecular formula is C19H18N6O4. The van der Waals surface area contributed by atoms with E-state index in [0.29, 0.717) is 28.7 Å². The molecule has 10 heteroatoms. The third-order valence-electron chi connectivity index (χ3n) is 4.23. The molecular weight excluding hydrogens is 376 g/mol. The molecule has 0 bridgehead atoms. The summed E-state index contributed by atoms with van der Waals surface area (Å²) in [6.07, 6.45) is 1.52. The Labute approximate surface area is 165 Å². The number of carbonyl (C=O) groups excluding carboxylic acids is 1. The third kappa shape index (κ3) is 3.55. The van der Waals surface area contributed by atoms with E-state index in [1.54, 1.807) is 38.5 Å². The van der Waals surface area contributed by atoms with Gasteiger partial charge < -0.3 is 24.9 Å². The number of anilines is 1.